The molecule has 2 saturated carbocycles. The molecule has 2 aromatic rings. The van der Waals surface area contributed by atoms with Crippen LogP contribution in [0.1, 0.15) is 6.42 Å². The summed E-state index contributed by atoms with van der Waals surface area (Å²) < 4.78 is 0. The van der Waals surface area contributed by atoms with Crippen molar-refractivity contribution in [3.63, 3.8) is 0 Å². The highest BCUT2D eigenvalue weighted by atomic mass is 79.9. The zero-order valence-corrected chi connectivity index (χ0v) is 15.9. The molecule has 0 spiro atoms. The smallest absolute Gasteiger partial charge is 0.238 e. The Morgan fingerprint density at radius 1 is 0.833 bits per heavy atom. The van der Waals surface area contributed by atoms with Gasteiger partial charge in [-0.2, -0.15) is 0 Å². The van der Waals surface area contributed by atoms with Crippen molar-refractivity contribution in [2.24, 2.45) is 23.7 Å². The van der Waals surface area contributed by atoms with Gasteiger partial charge in [-0.1, -0.05) is 62.2 Å². The molecule has 5 rings (SSSR count). The summed E-state index contributed by atoms with van der Waals surface area (Å²) in [4.78, 5) is 28.1. The van der Waals surface area contributed by atoms with E-state index in [-0.39, 0.29) is 45.1 Å². The Labute approximate surface area is 156 Å². The Morgan fingerprint density at radius 2 is 1.42 bits per heavy atom. The van der Waals surface area contributed by atoms with Crippen LogP contribution < -0.4 is 4.90 Å². The first-order chi connectivity index (χ1) is 11.6. The third kappa shape index (κ3) is 1.83. The zero-order chi connectivity index (χ0) is 16.6. The van der Waals surface area contributed by atoms with Crippen molar-refractivity contribution in [2.45, 2.75) is 16.1 Å². The van der Waals surface area contributed by atoms with Gasteiger partial charge in [-0.25, -0.2) is 0 Å². The minimum absolute atomic E-state index is 0.0170. The van der Waals surface area contributed by atoms with Gasteiger partial charge in [0.2, 0.25) is 11.8 Å². The molecule has 0 radical (unpaired) electrons. The zero-order valence-electron chi connectivity index (χ0n) is 12.7. The number of hydrogen-bond donors (Lipinski definition) is 0. The topological polar surface area (TPSA) is 37.4 Å². The summed E-state index contributed by atoms with van der Waals surface area (Å²) in [5.41, 5.74) is 0.703. The van der Waals surface area contributed by atoms with Crippen molar-refractivity contribution < 1.29 is 9.59 Å². The number of benzene rings is 2. The number of alkyl halides is 2. The quantitative estimate of drug-likeness (QED) is 0.486. The van der Waals surface area contributed by atoms with Gasteiger partial charge < -0.3 is 0 Å². The van der Waals surface area contributed by atoms with Crippen LogP contribution in [-0.4, -0.2) is 21.5 Å². The predicted octanol–water partition coefficient (Wildman–Crippen LogP) is 4.12. The summed E-state index contributed by atoms with van der Waals surface area (Å²) in [6.45, 7) is 0. The first kappa shape index (κ1) is 15.1. The van der Waals surface area contributed by atoms with Gasteiger partial charge in [-0.3, -0.25) is 14.5 Å². The number of nitrogens with zero attached hydrogens (tertiary/aromatic N) is 1. The molecule has 6 atom stereocenters. The maximum absolute atomic E-state index is 13.0. The molecule has 3 fully saturated rings. The lowest BCUT2D eigenvalue weighted by atomic mass is 9.81. The van der Waals surface area contributed by atoms with Gasteiger partial charge >= 0.3 is 0 Å². The standard InChI is InChI=1S/C19H15Br2NO2/c20-16-12-8-13(17(16)21)15-14(12)18(23)22(19(15)24)11-6-5-9-3-1-2-4-10(9)7-11/h1-7,12-17H,8H2/t12-,13-,14-,15+,16-,17+/m0/s1. The van der Waals surface area contributed by atoms with Crippen molar-refractivity contribution in [1.29, 1.82) is 0 Å². The summed E-state index contributed by atoms with van der Waals surface area (Å²) in [7, 11) is 0. The number of halogens is 2. The van der Waals surface area contributed by atoms with Gasteiger partial charge in [0, 0.05) is 9.65 Å². The minimum Gasteiger partial charge on any atom is -0.274 e. The van der Waals surface area contributed by atoms with E-state index < -0.39 is 0 Å². The lowest BCUT2D eigenvalue weighted by Gasteiger charge is -2.28. The normalized spacial score (nSPS) is 37.5. The maximum atomic E-state index is 13.0. The van der Waals surface area contributed by atoms with Gasteiger partial charge in [0.15, 0.2) is 0 Å². The second-order valence-corrected chi connectivity index (χ2v) is 9.16. The lowest BCUT2D eigenvalue weighted by Crippen LogP contribution is -2.37. The van der Waals surface area contributed by atoms with Crippen molar-refractivity contribution in [2.75, 3.05) is 4.90 Å². The fourth-order valence-electron chi connectivity index (χ4n) is 4.92. The highest BCUT2D eigenvalue weighted by Gasteiger charge is 2.66. The van der Waals surface area contributed by atoms with Crippen molar-refractivity contribution in [1.82, 2.24) is 0 Å². The van der Waals surface area contributed by atoms with E-state index in [1.165, 1.54) is 4.90 Å². The molecular formula is C19H15Br2NO2. The molecule has 2 bridgehead atoms. The van der Waals surface area contributed by atoms with Gasteiger partial charge in [0.1, 0.15) is 0 Å². The minimum atomic E-state index is -0.160. The highest BCUT2D eigenvalue weighted by Crippen LogP contribution is 2.60. The number of fused-ring (bicyclic) bond motifs is 6. The monoisotopic (exact) mass is 447 g/mol. The summed E-state index contributed by atoms with van der Waals surface area (Å²) >= 11 is 7.45. The largest absolute Gasteiger partial charge is 0.274 e. The van der Waals surface area contributed by atoms with Gasteiger partial charge in [-0.05, 0) is 41.2 Å². The first-order valence-corrected chi connectivity index (χ1v) is 10.1. The summed E-state index contributed by atoms with van der Waals surface area (Å²) in [5, 5.41) is 2.16. The molecule has 122 valence electrons. The Balaban J connectivity index is 1.57. The highest BCUT2D eigenvalue weighted by molar-refractivity contribution is 9.12. The molecule has 3 aliphatic rings. The van der Waals surface area contributed by atoms with Crippen LogP contribution in [0.25, 0.3) is 10.8 Å². The lowest BCUT2D eigenvalue weighted by molar-refractivity contribution is -0.123. The van der Waals surface area contributed by atoms with E-state index in [0.717, 1.165) is 17.2 Å². The summed E-state index contributed by atoms with van der Waals surface area (Å²) in [5.74, 6) is 0.158. The molecule has 0 N–H and O–H groups in total. The maximum Gasteiger partial charge on any atom is 0.238 e. The Kier molecular flexibility index (Phi) is 3.24. The summed E-state index contributed by atoms with van der Waals surface area (Å²) in [6.07, 6.45) is 0.963. The van der Waals surface area contributed by atoms with Gasteiger partial charge in [0.25, 0.3) is 0 Å². The van der Waals surface area contributed by atoms with E-state index in [9.17, 15) is 9.59 Å². The van der Waals surface area contributed by atoms with Crippen LogP contribution in [0.2, 0.25) is 0 Å². The third-order valence-corrected chi connectivity index (χ3v) is 9.18. The molecule has 3 nitrogen and oxygen atoms in total. The number of carbonyl (C=O) groups excluding carboxylic acids is 2. The Morgan fingerprint density at radius 3 is 2.04 bits per heavy atom. The fraction of sp³-hybridized carbons (Fsp3) is 0.368. The molecule has 2 aliphatic carbocycles. The van der Waals surface area contributed by atoms with Crippen molar-refractivity contribution >= 4 is 60.1 Å². The number of carbonyl (C=O) groups is 2. The van der Waals surface area contributed by atoms with Crippen molar-refractivity contribution in [3.8, 4) is 0 Å². The van der Waals surface area contributed by atoms with Crippen LogP contribution in [0.5, 0.6) is 0 Å². The second kappa shape index (κ2) is 5.15. The fourth-order valence-corrected chi connectivity index (χ4v) is 6.79. The number of hydrogen-bond acceptors (Lipinski definition) is 2. The molecule has 5 heteroatoms. The van der Waals surface area contributed by atoms with E-state index >= 15 is 0 Å². The summed E-state index contributed by atoms with van der Waals surface area (Å²) in [6, 6.07) is 13.8. The molecule has 1 saturated heterocycles. The van der Waals surface area contributed by atoms with E-state index in [4.69, 9.17) is 0 Å². The van der Waals surface area contributed by atoms with Crippen LogP contribution in [0.15, 0.2) is 42.5 Å². The molecular weight excluding hydrogens is 434 g/mol. The first-order valence-electron chi connectivity index (χ1n) is 8.22. The number of rotatable bonds is 1. The van der Waals surface area contributed by atoms with E-state index in [0.29, 0.717) is 5.69 Å². The van der Waals surface area contributed by atoms with E-state index in [1.807, 2.05) is 42.5 Å². The SMILES string of the molecule is O=C1[C@@H]2[C@@H]3C[C@H]([C@H](Br)[C@@H]3Br)[C@@H]2C(=O)N1c1ccc2ccccc2c1. The van der Waals surface area contributed by atoms with E-state index in [2.05, 4.69) is 31.9 Å². The van der Waals surface area contributed by atoms with Crippen molar-refractivity contribution in [3.05, 3.63) is 42.5 Å². The number of anilines is 1. The van der Waals surface area contributed by atoms with E-state index in [1.54, 1.807) is 0 Å². The molecule has 2 amide bonds. The average molecular weight is 449 g/mol. The van der Waals surface area contributed by atoms with Crippen LogP contribution >= 0.6 is 31.9 Å². The molecule has 1 heterocycles. The molecule has 1 aliphatic heterocycles. The Hall–Kier alpha value is -1.20. The van der Waals surface area contributed by atoms with Crippen LogP contribution in [0, 0.1) is 23.7 Å². The molecule has 24 heavy (non-hydrogen) atoms. The molecule has 0 aromatic heterocycles. The number of imide groups is 1. The third-order valence-electron chi connectivity index (χ3n) is 5.98. The predicted molar refractivity (Wildman–Crippen MR) is 100 cm³/mol. The van der Waals surface area contributed by atoms with Crippen LogP contribution in [-0.2, 0) is 9.59 Å². The molecule has 0 unspecified atom stereocenters. The number of amides is 2. The van der Waals surface area contributed by atoms with Gasteiger partial charge in [-0.15, -0.1) is 0 Å². The van der Waals surface area contributed by atoms with Gasteiger partial charge in [0.05, 0.1) is 17.5 Å². The molecule has 2 aromatic carbocycles. The van der Waals surface area contributed by atoms with Crippen LogP contribution in [0.4, 0.5) is 5.69 Å². The van der Waals surface area contributed by atoms with Crippen LogP contribution in [0.3, 0.4) is 0 Å². The Bertz CT molecular complexity index is 851. The second-order valence-electron chi connectivity index (χ2n) is 7.05. The average Bonchev–Trinajstić information content (AvgIpc) is 3.19.